The minimum atomic E-state index is -0.227. The minimum Gasteiger partial charge on any atom is -0.366 e. The summed E-state index contributed by atoms with van der Waals surface area (Å²) in [5.41, 5.74) is 1.75. The molecule has 4 heterocycles. The summed E-state index contributed by atoms with van der Waals surface area (Å²) in [6, 6.07) is 10.5. The second-order valence-electron chi connectivity index (χ2n) is 8.86. The van der Waals surface area contributed by atoms with E-state index in [1.807, 2.05) is 39.8 Å². The fourth-order valence-electron chi connectivity index (χ4n) is 5.03. The van der Waals surface area contributed by atoms with Crippen LogP contribution in [0.1, 0.15) is 19.8 Å². The third kappa shape index (κ3) is 4.10. The highest BCUT2D eigenvalue weighted by molar-refractivity contribution is 5.79. The maximum atomic E-state index is 14.1. The molecule has 0 aliphatic carbocycles. The Hall–Kier alpha value is -3.49. The van der Waals surface area contributed by atoms with Crippen LogP contribution in [0, 0.1) is 11.7 Å². The molecule has 2 aliphatic rings. The number of hydrogen-bond acceptors (Lipinski definition) is 6. The smallest absolute Gasteiger partial charge is 0.295 e. The minimum absolute atomic E-state index is 0.0632. The Kier molecular flexibility index (Phi) is 6.17. The molecule has 2 fully saturated rings. The van der Waals surface area contributed by atoms with Crippen LogP contribution in [0.4, 0.5) is 15.9 Å². The molecular formula is C25H29FN6O2. The fourth-order valence-corrected chi connectivity index (χ4v) is 5.03. The lowest BCUT2D eigenvalue weighted by atomic mass is 9.95. The molecule has 0 N–H and O–H groups in total. The van der Waals surface area contributed by atoms with Gasteiger partial charge in [-0.05, 0) is 44.0 Å². The van der Waals surface area contributed by atoms with E-state index in [1.54, 1.807) is 22.9 Å². The second-order valence-corrected chi connectivity index (χ2v) is 8.86. The van der Waals surface area contributed by atoms with E-state index < -0.39 is 0 Å². The number of benzene rings is 1. The van der Waals surface area contributed by atoms with E-state index in [1.165, 1.54) is 6.07 Å². The first kappa shape index (κ1) is 22.3. The summed E-state index contributed by atoms with van der Waals surface area (Å²) < 4.78 is 15.8. The summed E-state index contributed by atoms with van der Waals surface area (Å²) in [7, 11) is 0. The third-order valence-corrected chi connectivity index (χ3v) is 6.93. The Morgan fingerprint density at radius 3 is 2.44 bits per heavy atom. The van der Waals surface area contributed by atoms with Crippen molar-refractivity contribution in [2.24, 2.45) is 5.92 Å². The number of anilines is 2. The van der Waals surface area contributed by atoms with Crippen LogP contribution in [0.15, 0.2) is 47.4 Å². The van der Waals surface area contributed by atoms with Crippen molar-refractivity contribution in [2.75, 3.05) is 49.1 Å². The first-order valence-corrected chi connectivity index (χ1v) is 12.0. The molecule has 0 unspecified atom stereocenters. The molecule has 1 aromatic carbocycles. The fraction of sp³-hybridized carbons (Fsp3) is 0.440. The van der Waals surface area contributed by atoms with Gasteiger partial charge in [-0.15, -0.1) is 0 Å². The Morgan fingerprint density at radius 2 is 1.74 bits per heavy atom. The van der Waals surface area contributed by atoms with Crippen LogP contribution in [0.3, 0.4) is 0 Å². The number of rotatable bonds is 4. The van der Waals surface area contributed by atoms with E-state index in [-0.39, 0.29) is 23.2 Å². The zero-order valence-corrected chi connectivity index (χ0v) is 19.4. The number of aryl methyl sites for hydroxylation is 1. The van der Waals surface area contributed by atoms with Crippen molar-refractivity contribution in [3.05, 3.63) is 58.8 Å². The molecule has 2 aromatic heterocycles. The first-order chi connectivity index (χ1) is 16.6. The van der Waals surface area contributed by atoms with Gasteiger partial charge in [-0.2, -0.15) is 0 Å². The monoisotopic (exact) mass is 464 g/mol. The van der Waals surface area contributed by atoms with Gasteiger partial charge in [-0.1, -0.05) is 12.1 Å². The van der Waals surface area contributed by atoms with E-state index in [4.69, 9.17) is 0 Å². The number of amides is 1. The van der Waals surface area contributed by atoms with Gasteiger partial charge >= 0.3 is 0 Å². The molecule has 1 amide bonds. The topological polar surface area (TPSA) is 74.6 Å². The quantitative estimate of drug-likeness (QED) is 0.591. The van der Waals surface area contributed by atoms with E-state index >= 15 is 0 Å². The number of nitrogens with zero attached hydrogens (tertiary/aromatic N) is 6. The lowest BCUT2D eigenvalue weighted by Gasteiger charge is -2.39. The van der Waals surface area contributed by atoms with E-state index in [0.29, 0.717) is 81.3 Å². The SMILES string of the molecule is CCn1c(=O)c(N2CCC(C(=O)N3CCN(c4ccccc4F)CC3)CC2)nc2cccnc21. The number of pyridine rings is 1. The van der Waals surface area contributed by atoms with Gasteiger partial charge in [0.1, 0.15) is 11.3 Å². The van der Waals surface area contributed by atoms with E-state index in [9.17, 15) is 14.0 Å². The summed E-state index contributed by atoms with van der Waals surface area (Å²) in [4.78, 5) is 41.1. The van der Waals surface area contributed by atoms with Crippen LogP contribution in [-0.4, -0.2) is 64.6 Å². The number of carbonyl (C=O) groups is 1. The molecule has 0 radical (unpaired) electrons. The molecule has 178 valence electrons. The molecule has 9 heteroatoms. The summed E-state index contributed by atoms with van der Waals surface area (Å²) in [5.74, 6) is 0.308. The molecule has 8 nitrogen and oxygen atoms in total. The molecule has 0 spiro atoms. The Balaban J connectivity index is 1.22. The zero-order chi connectivity index (χ0) is 23.7. The number of carbonyl (C=O) groups excluding carboxylic acids is 1. The van der Waals surface area contributed by atoms with Gasteiger partial charge in [0.2, 0.25) is 5.91 Å². The Labute approximate surface area is 197 Å². The molecule has 5 rings (SSSR count). The van der Waals surface area contributed by atoms with Crippen LogP contribution < -0.4 is 15.4 Å². The average molecular weight is 465 g/mol. The van der Waals surface area contributed by atoms with Crippen molar-refractivity contribution in [1.29, 1.82) is 0 Å². The number of halogens is 1. The second kappa shape index (κ2) is 9.40. The van der Waals surface area contributed by atoms with Gasteiger partial charge in [0.15, 0.2) is 11.5 Å². The number of hydrogen-bond donors (Lipinski definition) is 0. The van der Waals surface area contributed by atoms with E-state index in [2.05, 4.69) is 9.97 Å². The summed E-state index contributed by atoms with van der Waals surface area (Å²) >= 11 is 0. The van der Waals surface area contributed by atoms with Crippen molar-refractivity contribution >= 4 is 28.6 Å². The van der Waals surface area contributed by atoms with Crippen LogP contribution in [0.5, 0.6) is 0 Å². The molecule has 3 aromatic rings. The Bertz CT molecular complexity index is 1250. The number of piperazine rings is 1. The number of aromatic nitrogens is 3. The van der Waals surface area contributed by atoms with Gasteiger partial charge in [0.25, 0.3) is 5.56 Å². The van der Waals surface area contributed by atoms with Gasteiger partial charge in [-0.3, -0.25) is 14.2 Å². The average Bonchev–Trinajstić information content (AvgIpc) is 2.88. The highest BCUT2D eigenvalue weighted by atomic mass is 19.1. The predicted octanol–water partition coefficient (Wildman–Crippen LogP) is 2.52. The lowest BCUT2D eigenvalue weighted by Crippen LogP contribution is -2.52. The standard InChI is InChI=1S/C25H29FN6O2/c1-2-32-22-20(7-5-11-27-22)28-23(25(32)34)30-12-9-18(10-13-30)24(33)31-16-14-29(15-17-31)21-8-4-3-6-19(21)26/h3-8,11,18H,2,9-10,12-17H2,1H3. The molecule has 0 atom stereocenters. The largest absolute Gasteiger partial charge is 0.366 e. The highest BCUT2D eigenvalue weighted by Crippen LogP contribution is 2.25. The van der Waals surface area contributed by atoms with Crippen LogP contribution in [0.2, 0.25) is 0 Å². The van der Waals surface area contributed by atoms with Crippen LogP contribution in [-0.2, 0) is 11.3 Å². The summed E-state index contributed by atoms with van der Waals surface area (Å²) in [5, 5.41) is 0. The van der Waals surface area contributed by atoms with Gasteiger partial charge < -0.3 is 14.7 Å². The van der Waals surface area contributed by atoms with Crippen molar-refractivity contribution in [3.63, 3.8) is 0 Å². The van der Waals surface area contributed by atoms with Crippen molar-refractivity contribution in [3.8, 4) is 0 Å². The molecule has 34 heavy (non-hydrogen) atoms. The van der Waals surface area contributed by atoms with Gasteiger partial charge in [0, 0.05) is 57.9 Å². The van der Waals surface area contributed by atoms with Gasteiger partial charge in [-0.25, -0.2) is 14.4 Å². The lowest BCUT2D eigenvalue weighted by molar-refractivity contribution is -0.136. The van der Waals surface area contributed by atoms with Crippen molar-refractivity contribution in [2.45, 2.75) is 26.3 Å². The maximum absolute atomic E-state index is 14.1. The molecule has 2 saturated heterocycles. The highest BCUT2D eigenvalue weighted by Gasteiger charge is 2.32. The first-order valence-electron chi connectivity index (χ1n) is 12.0. The number of fused-ring (bicyclic) bond motifs is 1. The Morgan fingerprint density at radius 1 is 1.00 bits per heavy atom. The predicted molar refractivity (Wildman–Crippen MR) is 130 cm³/mol. The molecular weight excluding hydrogens is 435 g/mol. The van der Waals surface area contributed by atoms with Crippen LogP contribution in [0.25, 0.3) is 11.2 Å². The summed E-state index contributed by atoms with van der Waals surface area (Å²) in [6.07, 6.45) is 3.04. The van der Waals surface area contributed by atoms with Gasteiger partial charge in [0.05, 0.1) is 5.69 Å². The molecule has 0 bridgehead atoms. The zero-order valence-electron chi connectivity index (χ0n) is 19.4. The number of para-hydroxylation sites is 1. The van der Waals surface area contributed by atoms with Crippen LogP contribution >= 0.6 is 0 Å². The van der Waals surface area contributed by atoms with Crippen molar-refractivity contribution < 1.29 is 9.18 Å². The van der Waals surface area contributed by atoms with E-state index in [0.717, 1.165) is 0 Å². The van der Waals surface area contributed by atoms with Crippen molar-refractivity contribution in [1.82, 2.24) is 19.4 Å². The molecule has 0 saturated carbocycles. The maximum Gasteiger partial charge on any atom is 0.295 e. The summed E-state index contributed by atoms with van der Waals surface area (Å²) in [6.45, 7) is 6.11. The third-order valence-electron chi connectivity index (χ3n) is 6.93. The molecule has 2 aliphatic heterocycles. The normalized spacial score (nSPS) is 17.4. The number of piperidine rings is 1.